The second-order valence-electron chi connectivity index (χ2n) is 3.63. The van der Waals surface area contributed by atoms with Gasteiger partial charge in [0.2, 0.25) is 0 Å². The van der Waals surface area contributed by atoms with Crippen molar-refractivity contribution in [3.05, 3.63) is 36.5 Å². The molecule has 2 N–H and O–H groups in total. The van der Waals surface area contributed by atoms with Gasteiger partial charge in [0.1, 0.15) is 0 Å². The van der Waals surface area contributed by atoms with Crippen LogP contribution in [-0.4, -0.2) is 23.8 Å². The Morgan fingerprint density at radius 3 is 2.31 bits per heavy atom. The molecule has 1 heterocycles. The summed E-state index contributed by atoms with van der Waals surface area (Å²) in [7, 11) is 0. The van der Waals surface area contributed by atoms with Crippen molar-refractivity contribution in [3.63, 3.8) is 0 Å². The smallest absolute Gasteiger partial charge is 0.0920 e. The van der Waals surface area contributed by atoms with Gasteiger partial charge in [0.25, 0.3) is 0 Å². The predicted molar refractivity (Wildman–Crippen MR) is 71.5 cm³/mol. The minimum absolute atomic E-state index is 0.674. The number of piperidine rings is 1. The Labute approximate surface area is 99.8 Å². The van der Waals surface area contributed by atoms with Gasteiger partial charge in [-0.2, -0.15) is 0 Å². The van der Waals surface area contributed by atoms with E-state index in [0.717, 1.165) is 31.5 Å². The molecule has 0 aliphatic carbocycles. The standard InChI is InChI=1S/C12H19NO.C2H6/c1-3-5-6-11(4-2)12(14)7-9-13-10-8-12;1-2/h3-6,13-14H,2,7-10H2,1H3;1-2H3/b5-3-,11-6+;. The van der Waals surface area contributed by atoms with Crippen LogP contribution in [0.15, 0.2) is 36.5 Å². The zero-order valence-corrected chi connectivity index (χ0v) is 10.8. The molecule has 2 nitrogen and oxygen atoms in total. The van der Waals surface area contributed by atoms with E-state index in [1.165, 1.54) is 0 Å². The number of hydrogen-bond acceptors (Lipinski definition) is 2. The first-order chi connectivity index (χ1) is 7.73. The molecule has 0 spiro atoms. The summed E-state index contributed by atoms with van der Waals surface area (Å²) in [6, 6.07) is 0. The van der Waals surface area contributed by atoms with Crippen molar-refractivity contribution in [1.82, 2.24) is 5.32 Å². The lowest BCUT2D eigenvalue weighted by atomic mass is 9.84. The summed E-state index contributed by atoms with van der Waals surface area (Å²) >= 11 is 0. The lowest BCUT2D eigenvalue weighted by molar-refractivity contribution is 0.0498. The molecule has 1 saturated heterocycles. The van der Waals surface area contributed by atoms with Crippen molar-refractivity contribution in [2.75, 3.05) is 13.1 Å². The maximum atomic E-state index is 10.3. The van der Waals surface area contributed by atoms with Gasteiger partial charge >= 0.3 is 0 Å². The van der Waals surface area contributed by atoms with Crippen molar-refractivity contribution in [1.29, 1.82) is 0 Å². The molecule has 2 heteroatoms. The fourth-order valence-electron chi connectivity index (χ4n) is 1.74. The Hall–Kier alpha value is -0.860. The Morgan fingerprint density at radius 1 is 1.31 bits per heavy atom. The van der Waals surface area contributed by atoms with Crippen LogP contribution in [0.25, 0.3) is 0 Å². The summed E-state index contributed by atoms with van der Waals surface area (Å²) in [6.45, 7) is 11.5. The highest BCUT2D eigenvalue weighted by atomic mass is 16.3. The molecule has 0 atom stereocenters. The maximum absolute atomic E-state index is 10.3. The fourth-order valence-corrected chi connectivity index (χ4v) is 1.74. The normalized spacial score (nSPS) is 20.1. The zero-order chi connectivity index (χ0) is 12.4. The van der Waals surface area contributed by atoms with E-state index in [2.05, 4.69) is 11.9 Å². The van der Waals surface area contributed by atoms with Crippen molar-refractivity contribution in [3.8, 4) is 0 Å². The number of nitrogens with one attached hydrogen (secondary N) is 1. The summed E-state index contributed by atoms with van der Waals surface area (Å²) in [5.74, 6) is 0. The molecule has 16 heavy (non-hydrogen) atoms. The van der Waals surface area contributed by atoms with E-state index >= 15 is 0 Å². The summed E-state index contributed by atoms with van der Waals surface area (Å²) in [4.78, 5) is 0. The number of hydrogen-bond donors (Lipinski definition) is 2. The van der Waals surface area contributed by atoms with Gasteiger partial charge in [-0.3, -0.25) is 0 Å². The molecule has 1 rings (SSSR count). The van der Waals surface area contributed by atoms with Crippen LogP contribution in [0.4, 0.5) is 0 Å². The molecule has 0 unspecified atom stereocenters. The van der Waals surface area contributed by atoms with Crippen LogP contribution >= 0.6 is 0 Å². The molecule has 0 aromatic carbocycles. The van der Waals surface area contributed by atoms with Gasteiger partial charge in [-0.05, 0) is 38.4 Å². The van der Waals surface area contributed by atoms with Crippen molar-refractivity contribution in [2.45, 2.75) is 39.2 Å². The lowest BCUT2D eigenvalue weighted by Crippen LogP contribution is -2.42. The highest BCUT2D eigenvalue weighted by Crippen LogP contribution is 2.27. The molecule has 1 fully saturated rings. The molecule has 0 bridgehead atoms. The molecular formula is C14H25NO. The first-order valence-corrected chi connectivity index (χ1v) is 6.12. The van der Waals surface area contributed by atoms with Crippen LogP contribution in [0.5, 0.6) is 0 Å². The largest absolute Gasteiger partial charge is 0.385 e. The van der Waals surface area contributed by atoms with Crippen LogP contribution in [0, 0.1) is 0 Å². The number of allylic oxidation sites excluding steroid dienone is 3. The predicted octanol–water partition coefficient (Wildman–Crippen LogP) is 2.82. The summed E-state index contributed by atoms with van der Waals surface area (Å²) in [5.41, 5.74) is 0.254. The fraction of sp³-hybridized carbons (Fsp3) is 0.571. The Kier molecular flexibility index (Phi) is 7.86. The quantitative estimate of drug-likeness (QED) is 0.721. The zero-order valence-electron chi connectivity index (χ0n) is 10.8. The minimum atomic E-state index is -0.674. The Morgan fingerprint density at radius 2 is 1.88 bits per heavy atom. The van der Waals surface area contributed by atoms with E-state index in [-0.39, 0.29) is 0 Å². The topological polar surface area (TPSA) is 32.3 Å². The van der Waals surface area contributed by atoms with Crippen molar-refractivity contribution < 1.29 is 5.11 Å². The Bertz CT molecular complexity index is 247. The average Bonchev–Trinajstić information content (AvgIpc) is 2.33. The second-order valence-corrected chi connectivity index (χ2v) is 3.63. The van der Waals surface area contributed by atoms with E-state index in [4.69, 9.17) is 0 Å². The Balaban J connectivity index is 0.00000106. The SMILES string of the molecule is C=C/C(=C\C=C/C)C1(O)CCNCC1.CC. The van der Waals surface area contributed by atoms with Gasteiger partial charge in [-0.15, -0.1) is 0 Å². The van der Waals surface area contributed by atoms with Crippen LogP contribution in [0.2, 0.25) is 0 Å². The molecule has 0 saturated carbocycles. The van der Waals surface area contributed by atoms with Gasteiger partial charge in [0, 0.05) is 0 Å². The third-order valence-corrected chi connectivity index (χ3v) is 2.66. The average molecular weight is 223 g/mol. The first-order valence-electron chi connectivity index (χ1n) is 6.12. The molecule has 0 aromatic heterocycles. The van der Waals surface area contributed by atoms with Crippen LogP contribution in [0.3, 0.4) is 0 Å². The van der Waals surface area contributed by atoms with Gasteiger partial charge in [0.05, 0.1) is 5.60 Å². The van der Waals surface area contributed by atoms with E-state index in [1.54, 1.807) is 6.08 Å². The molecule has 92 valence electrons. The van der Waals surface area contributed by atoms with Crippen LogP contribution < -0.4 is 5.32 Å². The molecule has 1 aliphatic rings. The third kappa shape index (κ3) is 4.33. The first kappa shape index (κ1) is 15.1. The van der Waals surface area contributed by atoms with E-state index in [0.29, 0.717) is 0 Å². The van der Waals surface area contributed by atoms with Gasteiger partial charge in [-0.1, -0.05) is 44.7 Å². The highest BCUT2D eigenvalue weighted by molar-refractivity contribution is 5.31. The summed E-state index contributed by atoms with van der Waals surface area (Å²) in [5, 5.41) is 13.6. The molecule has 1 aliphatic heterocycles. The van der Waals surface area contributed by atoms with Crippen LogP contribution in [0.1, 0.15) is 33.6 Å². The summed E-state index contributed by atoms with van der Waals surface area (Å²) < 4.78 is 0. The van der Waals surface area contributed by atoms with Crippen molar-refractivity contribution in [2.24, 2.45) is 0 Å². The van der Waals surface area contributed by atoms with Gasteiger partial charge in [0.15, 0.2) is 0 Å². The second kappa shape index (κ2) is 8.31. The third-order valence-electron chi connectivity index (χ3n) is 2.66. The number of rotatable bonds is 3. The van der Waals surface area contributed by atoms with E-state index < -0.39 is 5.60 Å². The van der Waals surface area contributed by atoms with E-state index in [9.17, 15) is 5.11 Å². The molecule has 0 aromatic rings. The van der Waals surface area contributed by atoms with Crippen LogP contribution in [-0.2, 0) is 0 Å². The number of aliphatic hydroxyl groups is 1. The molecule has 0 amide bonds. The van der Waals surface area contributed by atoms with E-state index in [1.807, 2.05) is 39.0 Å². The minimum Gasteiger partial charge on any atom is -0.385 e. The highest BCUT2D eigenvalue weighted by Gasteiger charge is 2.31. The molecular weight excluding hydrogens is 198 g/mol. The van der Waals surface area contributed by atoms with Gasteiger partial charge < -0.3 is 10.4 Å². The van der Waals surface area contributed by atoms with Crippen molar-refractivity contribution >= 4 is 0 Å². The maximum Gasteiger partial charge on any atom is 0.0920 e. The van der Waals surface area contributed by atoms with Gasteiger partial charge in [-0.25, -0.2) is 0 Å². The lowest BCUT2D eigenvalue weighted by Gasteiger charge is -2.33. The monoisotopic (exact) mass is 223 g/mol. The molecule has 0 radical (unpaired) electrons. The summed E-state index contributed by atoms with van der Waals surface area (Å²) in [6.07, 6.45) is 9.12.